The van der Waals surface area contributed by atoms with Gasteiger partial charge >= 0.3 is 0 Å². The maximum Gasteiger partial charge on any atom is 0.159 e. The number of H-pyrrole nitrogens is 2. The van der Waals surface area contributed by atoms with Gasteiger partial charge in [0.1, 0.15) is 22.7 Å². The fourth-order valence-corrected chi connectivity index (χ4v) is 3.73. The first-order valence-electron chi connectivity index (χ1n) is 9.78. The van der Waals surface area contributed by atoms with E-state index >= 15 is 0 Å². The summed E-state index contributed by atoms with van der Waals surface area (Å²) in [5.41, 5.74) is 6.47. The van der Waals surface area contributed by atoms with Crippen molar-refractivity contribution in [1.82, 2.24) is 44.7 Å². The third-order valence-electron chi connectivity index (χ3n) is 5.47. The van der Waals surface area contributed by atoms with Gasteiger partial charge in [0.25, 0.3) is 0 Å². The molecule has 0 bridgehead atoms. The molecule has 6 heterocycles. The number of aromatic nitrogens is 9. The zero-order valence-corrected chi connectivity index (χ0v) is 16.8. The fraction of sp³-hybridized carbons (Fsp3) is 0.0909. The lowest BCUT2D eigenvalue weighted by atomic mass is 10.1. The second kappa shape index (κ2) is 6.56. The van der Waals surface area contributed by atoms with Crippen molar-refractivity contribution in [2.75, 3.05) is 0 Å². The molecule has 9 nitrogen and oxygen atoms in total. The summed E-state index contributed by atoms with van der Waals surface area (Å²) in [7, 11) is 1.99. The van der Waals surface area contributed by atoms with Gasteiger partial charge in [0.15, 0.2) is 11.5 Å². The van der Waals surface area contributed by atoms with Crippen LogP contribution in [0.4, 0.5) is 0 Å². The Morgan fingerprint density at radius 3 is 2.68 bits per heavy atom. The van der Waals surface area contributed by atoms with Gasteiger partial charge in [-0.3, -0.25) is 15.1 Å². The molecule has 0 amide bonds. The lowest BCUT2D eigenvalue weighted by Gasteiger charge is -2.03. The Kier molecular flexibility index (Phi) is 3.69. The van der Waals surface area contributed by atoms with E-state index in [4.69, 9.17) is 4.98 Å². The number of pyridine rings is 3. The lowest BCUT2D eigenvalue weighted by Crippen LogP contribution is -1.94. The minimum atomic E-state index is 0.645. The third-order valence-corrected chi connectivity index (χ3v) is 5.47. The smallest absolute Gasteiger partial charge is 0.159 e. The molecule has 0 aliphatic heterocycles. The van der Waals surface area contributed by atoms with Crippen molar-refractivity contribution in [1.29, 1.82) is 0 Å². The van der Waals surface area contributed by atoms with Crippen molar-refractivity contribution in [3.05, 3.63) is 60.9 Å². The van der Waals surface area contributed by atoms with Crippen molar-refractivity contribution < 1.29 is 0 Å². The van der Waals surface area contributed by atoms with Crippen LogP contribution in [0.1, 0.15) is 5.82 Å². The van der Waals surface area contributed by atoms with Crippen LogP contribution >= 0.6 is 0 Å². The molecule has 0 saturated heterocycles. The monoisotopic (exact) mass is 407 g/mol. The Morgan fingerprint density at radius 2 is 1.87 bits per heavy atom. The maximum absolute atomic E-state index is 4.82. The fourth-order valence-electron chi connectivity index (χ4n) is 3.73. The Hall–Kier alpha value is -4.40. The van der Waals surface area contributed by atoms with Crippen LogP contribution in [0.15, 0.2) is 55.1 Å². The minimum Gasteiger partial charge on any atom is -0.336 e. The number of nitrogens with zero attached hydrogens (tertiary/aromatic N) is 7. The summed E-state index contributed by atoms with van der Waals surface area (Å²) in [6.07, 6.45) is 7.17. The minimum absolute atomic E-state index is 0.645. The summed E-state index contributed by atoms with van der Waals surface area (Å²) in [5.74, 6) is 1.58. The Morgan fingerprint density at radius 1 is 0.935 bits per heavy atom. The molecule has 0 aliphatic carbocycles. The van der Waals surface area contributed by atoms with E-state index in [2.05, 4.69) is 41.2 Å². The molecule has 31 heavy (non-hydrogen) atoms. The number of hydrogen-bond donors (Lipinski definition) is 2. The number of aromatic amines is 2. The molecule has 9 heteroatoms. The normalized spacial score (nSPS) is 11.5. The molecule has 150 valence electrons. The summed E-state index contributed by atoms with van der Waals surface area (Å²) < 4.78 is 2.04. The lowest BCUT2D eigenvalue weighted by molar-refractivity contribution is 0.865. The number of fused-ring (bicyclic) bond motifs is 2. The van der Waals surface area contributed by atoms with Crippen LogP contribution in [0.3, 0.4) is 0 Å². The van der Waals surface area contributed by atoms with Gasteiger partial charge in [0.2, 0.25) is 0 Å². The molecule has 0 radical (unpaired) electrons. The van der Waals surface area contributed by atoms with Gasteiger partial charge in [0.05, 0.1) is 28.5 Å². The highest BCUT2D eigenvalue weighted by Gasteiger charge is 2.18. The highest BCUT2D eigenvalue weighted by molar-refractivity contribution is 5.95. The van der Waals surface area contributed by atoms with E-state index in [0.29, 0.717) is 17.2 Å². The zero-order valence-electron chi connectivity index (χ0n) is 16.8. The van der Waals surface area contributed by atoms with Crippen LogP contribution in [-0.2, 0) is 7.05 Å². The third kappa shape index (κ3) is 2.71. The van der Waals surface area contributed by atoms with E-state index in [9.17, 15) is 0 Å². The summed E-state index contributed by atoms with van der Waals surface area (Å²) in [4.78, 5) is 26.1. The van der Waals surface area contributed by atoms with Gasteiger partial charge in [0, 0.05) is 31.2 Å². The van der Waals surface area contributed by atoms with E-state index < -0.39 is 0 Å². The van der Waals surface area contributed by atoms with Gasteiger partial charge in [-0.1, -0.05) is 6.07 Å². The first-order chi connectivity index (χ1) is 15.2. The molecule has 0 atom stereocenters. The number of rotatable bonds is 3. The highest BCUT2D eigenvalue weighted by atomic mass is 15.2. The largest absolute Gasteiger partial charge is 0.336 e. The number of imidazole rings is 2. The second-order valence-corrected chi connectivity index (χ2v) is 7.30. The van der Waals surface area contributed by atoms with Crippen molar-refractivity contribution >= 4 is 22.1 Å². The zero-order chi connectivity index (χ0) is 20.9. The van der Waals surface area contributed by atoms with Gasteiger partial charge in [-0.15, -0.1) is 0 Å². The molecule has 0 unspecified atom stereocenters. The predicted octanol–water partition coefficient (Wildman–Crippen LogP) is 3.67. The van der Waals surface area contributed by atoms with E-state index in [1.807, 2.05) is 55.2 Å². The van der Waals surface area contributed by atoms with Crippen molar-refractivity contribution in [3.63, 3.8) is 0 Å². The van der Waals surface area contributed by atoms with Crippen LogP contribution in [-0.4, -0.2) is 44.7 Å². The van der Waals surface area contributed by atoms with Crippen molar-refractivity contribution in [2.45, 2.75) is 6.92 Å². The average molecular weight is 407 g/mol. The molecule has 0 spiro atoms. The highest BCUT2D eigenvalue weighted by Crippen LogP contribution is 2.31. The van der Waals surface area contributed by atoms with E-state index in [1.54, 1.807) is 12.4 Å². The van der Waals surface area contributed by atoms with Crippen LogP contribution in [0.5, 0.6) is 0 Å². The van der Waals surface area contributed by atoms with Gasteiger partial charge in [-0.25, -0.2) is 15.0 Å². The molecule has 6 aromatic rings. The van der Waals surface area contributed by atoms with E-state index in [1.165, 1.54) is 0 Å². The standard InChI is InChI=1S/C22H17N9/c1-12-25-11-17(31(12)2)13-9-14-18(29-30-21(14)26-10-13)22-27-16-6-8-24-19(20(16)28-22)15-5-3-4-7-23-15/h3-11H,1-2H3,(H,27,28)(H,26,29,30). The summed E-state index contributed by atoms with van der Waals surface area (Å²) in [6, 6.07) is 9.69. The average Bonchev–Trinajstić information content (AvgIpc) is 3.50. The molecule has 0 fully saturated rings. The molecular weight excluding hydrogens is 390 g/mol. The molecule has 2 N–H and O–H groups in total. The molecule has 0 saturated carbocycles. The Labute approximate surface area is 176 Å². The summed E-state index contributed by atoms with van der Waals surface area (Å²) >= 11 is 0. The van der Waals surface area contributed by atoms with Crippen LogP contribution in [0, 0.1) is 6.92 Å². The SMILES string of the molecule is Cc1ncc(-c2cnc3[nH]nc(-c4nc5c(-c6ccccn6)nccc5[nH]4)c3c2)n1C. The molecule has 0 aromatic carbocycles. The number of hydrogen-bond acceptors (Lipinski definition) is 6. The number of nitrogens with one attached hydrogen (secondary N) is 2. The Balaban J connectivity index is 1.52. The van der Waals surface area contributed by atoms with Crippen molar-refractivity contribution in [2.24, 2.45) is 7.05 Å². The molecule has 6 rings (SSSR count). The predicted molar refractivity (Wildman–Crippen MR) is 117 cm³/mol. The maximum atomic E-state index is 4.82. The Bertz CT molecular complexity index is 1560. The van der Waals surface area contributed by atoms with Crippen LogP contribution < -0.4 is 0 Å². The topological polar surface area (TPSA) is 114 Å². The van der Waals surface area contributed by atoms with Crippen LogP contribution in [0.2, 0.25) is 0 Å². The van der Waals surface area contributed by atoms with Crippen LogP contribution in [0.25, 0.3) is 56.2 Å². The van der Waals surface area contributed by atoms with Gasteiger partial charge in [-0.2, -0.15) is 5.10 Å². The quantitative estimate of drug-likeness (QED) is 0.463. The molecule has 0 aliphatic rings. The summed E-state index contributed by atoms with van der Waals surface area (Å²) in [6.45, 7) is 1.97. The first kappa shape index (κ1) is 17.5. The number of aryl methyl sites for hydroxylation is 1. The van der Waals surface area contributed by atoms with Crippen molar-refractivity contribution in [3.8, 4) is 34.2 Å². The molecular formula is C22H17N9. The van der Waals surface area contributed by atoms with Gasteiger partial charge < -0.3 is 9.55 Å². The molecule has 6 aromatic heterocycles. The van der Waals surface area contributed by atoms with Gasteiger partial charge in [-0.05, 0) is 31.2 Å². The van der Waals surface area contributed by atoms with E-state index in [0.717, 1.165) is 44.9 Å². The summed E-state index contributed by atoms with van der Waals surface area (Å²) in [5, 5.41) is 8.37. The van der Waals surface area contributed by atoms with E-state index in [-0.39, 0.29) is 0 Å². The second-order valence-electron chi connectivity index (χ2n) is 7.30. The first-order valence-corrected chi connectivity index (χ1v) is 9.78.